The lowest BCUT2D eigenvalue weighted by Gasteiger charge is -2.22. The molecule has 1 fully saturated rings. The van der Waals surface area contributed by atoms with Crippen LogP contribution in [-0.4, -0.2) is 6.04 Å². The standard InChI is InChI=1S/C14H20ClN/c1-10(2)14(12-6-7-12)16-9-11-4-3-5-13(15)8-11/h3-5,8,10,12,14,16H,6-7,9H2,1-2H3. The van der Waals surface area contributed by atoms with E-state index < -0.39 is 0 Å². The first-order valence-electron chi connectivity index (χ1n) is 6.14. The predicted molar refractivity (Wildman–Crippen MR) is 69.6 cm³/mol. The van der Waals surface area contributed by atoms with Crippen molar-refractivity contribution in [3.05, 3.63) is 34.9 Å². The average molecular weight is 238 g/mol. The van der Waals surface area contributed by atoms with Crippen LogP contribution in [0.3, 0.4) is 0 Å². The van der Waals surface area contributed by atoms with Crippen LogP contribution in [0.15, 0.2) is 24.3 Å². The molecule has 2 rings (SSSR count). The minimum absolute atomic E-state index is 0.666. The number of halogens is 1. The van der Waals surface area contributed by atoms with Crippen LogP contribution in [0.5, 0.6) is 0 Å². The van der Waals surface area contributed by atoms with Crippen LogP contribution in [-0.2, 0) is 6.54 Å². The lowest BCUT2D eigenvalue weighted by atomic mass is 9.99. The molecule has 0 saturated heterocycles. The summed E-state index contributed by atoms with van der Waals surface area (Å²) in [6.07, 6.45) is 2.79. The molecule has 0 bridgehead atoms. The van der Waals surface area contributed by atoms with E-state index in [1.165, 1.54) is 18.4 Å². The van der Waals surface area contributed by atoms with E-state index in [4.69, 9.17) is 11.6 Å². The van der Waals surface area contributed by atoms with Crippen LogP contribution in [0, 0.1) is 11.8 Å². The molecule has 1 saturated carbocycles. The highest BCUT2D eigenvalue weighted by atomic mass is 35.5. The van der Waals surface area contributed by atoms with Crippen molar-refractivity contribution in [2.24, 2.45) is 11.8 Å². The summed E-state index contributed by atoms with van der Waals surface area (Å²) in [5.74, 6) is 1.62. The fourth-order valence-corrected chi connectivity index (χ4v) is 2.50. The molecule has 1 aromatic carbocycles. The Kier molecular flexibility index (Phi) is 3.88. The fourth-order valence-electron chi connectivity index (χ4n) is 2.28. The summed E-state index contributed by atoms with van der Waals surface area (Å²) in [5, 5.41) is 4.49. The van der Waals surface area contributed by atoms with Crippen LogP contribution in [0.1, 0.15) is 32.3 Å². The van der Waals surface area contributed by atoms with Crippen molar-refractivity contribution in [3.8, 4) is 0 Å². The van der Waals surface area contributed by atoms with Crippen molar-refractivity contribution >= 4 is 11.6 Å². The molecule has 0 radical (unpaired) electrons. The van der Waals surface area contributed by atoms with Crippen LogP contribution < -0.4 is 5.32 Å². The highest BCUT2D eigenvalue weighted by molar-refractivity contribution is 6.30. The summed E-state index contributed by atoms with van der Waals surface area (Å²) in [5.41, 5.74) is 1.28. The van der Waals surface area contributed by atoms with Crippen LogP contribution >= 0.6 is 11.6 Å². The quantitative estimate of drug-likeness (QED) is 0.820. The van der Waals surface area contributed by atoms with Crippen molar-refractivity contribution in [1.82, 2.24) is 5.32 Å². The van der Waals surface area contributed by atoms with Crippen molar-refractivity contribution in [3.63, 3.8) is 0 Å². The van der Waals surface area contributed by atoms with E-state index in [1.54, 1.807) is 0 Å². The predicted octanol–water partition coefficient (Wildman–Crippen LogP) is 3.86. The molecule has 1 aromatic rings. The highest BCUT2D eigenvalue weighted by Gasteiger charge is 2.32. The van der Waals surface area contributed by atoms with Gasteiger partial charge in [-0.15, -0.1) is 0 Å². The second-order valence-corrected chi connectivity index (χ2v) is 5.55. The van der Waals surface area contributed by atoms with Crippen molar-refractivity contribution in [2.45, 2.75) is 39.3 Å². The maximum Gasteiger partial charge on any atom is 0.0409 e. The topological polar surface area (TPSA) is 12.0 Å². The van der Waals surface area contributed by atoms with Gasteiger partial charge in [0.1, 0.15) is 0 Å². The zero-order valence-electron chi connectivity index (χ0n) is 10.0. The summed E-state index contributed by atoms with van der Waals surface area (Å²) in [6.45, 7) is 5.53. The Morgan fingerprint density at radius 1 is 1.38 bits per heavy atom. The number of hydrogen-bond acceptors (Lipinski definition) is 1. The molecule has 1 unspecified atom stereocenters. The van der Waals surface area contributed by atoms with Gasteiger partial charge in [0, 0.05) is 17.6 Å². The highest BCUT2D eigenvalue weighted by Crippen LogP contribution is 2.35. The molecule has 16 heavy (non-hydrogen) atoms. The maximum absolute atomic E-state index is 5.97. The molecule has 0 aliphatic heterocycles. The van der Waals surface area contributed by atoms with Gasteiger partial charge in [0.15, 0.2) is 0 Å². The first kappa shape index (κ1) is 11.9. The third-order valence-electron chi connectivity index (χ3n) is 3.28. The average Bonchev–Trinajstić information content (AvgIpc) is 3.02. The number of nitrogens with one attached hydrogen (secondary N) is 1. The molecular weight excluding hydrogens is 218 g/mol. The molecule has 2 heteroatoms. The van der Waals surface area contributed by atoms with Crippen LogP contribution in [0.25, 0.3) is 0 Å². The van der Waals surface area contributed by atoms with E-state index in [0.717, 1.165) is 17.5 Å². The van der Waals surface area contributed by atoms with E-state index >= 15 is 0 Å². The lowest BCUT2D eigenvalue weighted by Crippen LogP contribution is -2.35. The first-order chi connectivity index (χ1) is 7.66. The van der Waals surface area contributed by atoms with Gasteiger partial charge in [-0.3, -0.25) is 0 Å². The van der Waals surface area contributed by atoms with Gasteiger partial charge in [0.05, 0.1) is 0 Å². The molecule has 0 aromatic heterocycles. The van der Waals surface area contributed by atoms with Crippen molar-refractivity contribution < 1.29 is 0 Å². The smallest absolute Gasteiger partial charge is 0.0409 e. The lowest BCUT2D eigenvalue weighted by molar-refractivity contribution is 0.359. The van der Waals surface area contributed by atoms with Gasteiger partial charge in [-0.2, -0.15) is 0 Å². The molecule has 1 aliphatic carbocycles. The van der Waals surface area contributed by atoms with Gasteiger partial charge >= 0.3 is 0 Å². The van der Waals surface area contributed by atoms with Crippen molar-refractivity contribution in [2.75, 3.05) is 0 Å². The van der Waals surface area contributed by atoms with E-state index in [2.05, 4.69) is 25.2 Å². The summed E-state index contributed by atoms with van der Waals surface area (Å²) in [7, 11) is 0. The molecule has 0 amide bonds. The van der Waals surface area contributed by atoms with Crippen LogP contribution in [0.2, 0.25) is 5.02 Å². The van der Waals surface area contributed by atoms with E-state index in [-0.39, 0.29) is 0 Å². The normalized spacial score (nSPS) is 17.8. The van der Waals surface area contributed by atoms with Gasteiger partial charge in [-0.25, -0.2) is 0 Å². The number of benzene rings is 1. The summed E-state index contributed by atoms with van der Waals surface area (Å²) in [4.78, 5) is 0. The largest absolute Gasteiger partial charge is 0.309 e. The fraction of sp³-hybridized carbons (Fsp3) is 0.571. The second-order valence-electron chi connectivity index (χ2n) is 5.12. The van der Waals surface area contributed by atoms with Crippen LogP contribution in [0.4, 0.5) is 0 Å². The molecule has 88 valence electrons. The van der Waals surface area contributed by atoms with E-state index in [9.17, 15) is 0 Å². The van der Waals surface area contributed by atoms with Gasteiger partial charge in [-0.1, -0.05) is 37.6 Å². The molecule has 1 nitrogen and oxygen atoms in total. The Morgan fingerprint density at radius 2 is 2.12 bits per heavy atom. The van der Waals surface area contributed by atoms with Crippen molar-refractivity contribution in [1.29, 1.82) is 0 Å². The number of hydrogen-bond donors (Lipinski definition) is 1. The molecule has 1 aliphatic rings. The Morgan fingerprint density at radius 3 is 2.69 bits per heavy atom. The Labute approximate surface area is 103 Å². The minimum atomic E-state index is 0.666. The molecular formula is C14H20ClN. The minimum Gasteiger partial charge on any atom is -0.309 e. The van der Waals surface area contributed by atoms with Gasteiger partial charge in [0.25, 0.3) is 0 Å². The third kappa shape index (κ3) is 3.23. The van der Waals surface area contributed by atoms with Gasteiger partial charge in [0.2, 0.25) is 0 Å². The van der Waals surface area contributed by atoms with Gasteiger partial charge < -0.3 is 5.32 Å². The summed E-state index contributed by atoms with van der Waals surface area (Å²) < 4.78 is 0. The summed E-state index contributed by atoms with van der Waals surface area (Å²) in [6, 6.07) is 8.77. The number of rotatable bonds is 5. The van der Waals surface area contributed by atoms with E-state index in [1.807, 2.05) is 18.2 Å². The SMILES string of the molecule is CC(C)C(NCc1cccc(Cl)c1)C1CC1. The molecule has 1 N–H and O–H groups in total. The second kappa shape index (κ2) is 5.20. The first-order valence-corrected chi connectivity index (χ1v) is 6.52. The Balaban J connectivity index is 1.90. The van der Waals surface area contributed by atoms with E-state index in [0.29, 0.717) is 12.0 Å². The maximum atomic E-state index is 5.97. The van der Waals surface area contributed by atoms with Gasteiger partial charge in [-0.05, 0) is 42.4 Å². The summed E-state index contributed by atoms with van der Waals surface area (Å²) >= 11 is 5.97. The Hall–Kier alpha value is -0.530. The molecule has 0 heterocycles. The Bertz CT molecular complexity index is 342. The molecule has 1 atom stereocenters. The monoisotopic (exact) mass is 237 g/mol. The zero-order chi connectivity index (χ0) is 11.5. The zero-order valence-corrected chi connectivity index (χ0v) is 10.8. The third-order valence-corrected chi connectivity index (χ3v) is 3.51. The molecule has 0 spiro atoms.